The highest BCUT2D eigenvalue weighted by Crippen LogP contribution is 2.38. The molecule has 0 saturated carbocycles. The second-order valence-corrected chi connectivity index (χ2v) is 10.4. The van der Waals surface area contributed by atoms with E-state index in [1.165, 1.54) is 40.3 Å². The van der Waals surface area contributed by atoms with E-state index in [2.05, 4.69) is 15.7 Å². The second kappa shape index (κ2) is 8.88. The lowest BCUT2D eigenvalue weighted by Gasteiger charge is -2.24. The van der Waals surface area contributed by atoms with Crippen LogP contribution in [0.15, 0.2) is 39.6 Å². The molecule has 2 atom stereocenters. The molecule has 2 aromatic carbocycles. The van der Waals surface area contributed by atoms with E-state index >= 15 is 0 Å². The Kier molecular flexibility index (Phi) is 6.33. The molecule has 0 heterocycles. The number of halogens is 2. The molecule has 0 radical (unpaired) electrons. The summed E-state index contributed by atoms with van der Waals surface area (Å²) in [5.41, 5.74) is 5.98. The summed E-state index contributed by atoms with van der Waals surface area (Å²) in [7, 11) is -0.403. The largest absolute Gasteiger partial charge is 0.354 e. The lowest BCUT2D eigenvalue weighted by atomic mass is 9.99. The number of alkyl halides is 2. The van der Waals surface area contributed by atoms with Crippen molar-refractivity contribution in [2.75, 3.05) is 19.4 Å². The summed E-state index contributed by atoms with van der Waals surface area (Å²) >= 11 is 0. The Morgan fingerprint density at radius 3 is 2.12 bits per heavy atom. The van der Waals surface area contributed by atoms with Gasteiger partial charge in [-0.3, -0.25) is 4.90 Å². The lowest BCUT2D eigenvalue weighted by Crippen LogP contribution is -2.26. The Hall–Kier alpha value is -2.36. The van der Waals surface area contributed by atoms with Crippen molar-refractivity contribution in [1.82, 2.24) is 4.90 Å². The molecule has 2 aliphatic carbocycles. The third-order valence-corrected chi connectivity index (χ3v) is 7.66. The molecule has 0 aromatic heterocycles. The van der Waals surface area contributed by atoms with Crippen LogP contribution in [0.3, 0.4) is 0 Å². The number of amides is 2. The van der Waals surface area contributed by atoms with Gasteiger partial charge in [-0.15, -0.1) is 4.36 Å². The zero-order valence-corrected chi connectivity index (χ0v) is 19.1. The van der Waals surface area contributed by atoms with Gasteiger partial charge in [-0.1, -0.05) is 18.2 Å². The Bertz CT molecular complexity index is 1120. The first-order valence-corrected chi connectivity index (χ1v) is 12.3. The Labute approximate surface area is 187 Å². The quantitative estimate of drug-likeness (QED) is 0.688. The van der Waals surface area contributed by atoms with Crippen LogP contribution in [0, 0.1) is 0 Å². The minimum absolute atomic E-state index is 0.117. The minimum Gasteiger partial charge on any atom is -0.305 e. The number of anilines is 1. The highest BCUT2D eigenvalue weighted by atomic mass is 32.2. The van der Waals surface area contributed by atoms with Crippen LogP contribution in [-0.4, -0.2) is 35.7 Å². The maximum Gasteiger partial charge on any atom is 0.354 e. The smallest absolute Gasteiger partial charge is 0.305 e. The number of hydrogen-bond acceptors (Lipinski definition) is 3. The van der Waals surface area contributed by atoms with E-state index < -0.39 is 28.4 Å². The van der Waals surface area contributed by atoms with Gasteiger partial charge in [0.1, 0.15) is 9.92 Å². The van der Waals surface area contributed by atoms with Crippen molar-refractivity contribution in [3.63, 3.8) is 0 Å². The molecule has 0 bridgehead atoms. The number of carbonyl (C=O) groups excluding carboxylic acids is 1. The molecule has 2 aromatic rings. The van der Waals surface area contributed by atoms with Gasteiger partial charge in [-0.25, -0.2) is 22.9 Å². The van der Waals surface area contributed by atoms with Crippen LogP contribution in [0.5, 0.6) is 0 Å². The summed E-state index contributed by atoms with van der Waals surface area (Å²) in [5, 5.41) is 8.76. The van der Waals surface area contributed by atoms with E-state index in [1.54, 1.807) is 14.1 Å². The van der Waals surface area contributed by atoms with Gasteiger partial charge in [-0.2, -0.15) is 0 Å². The molecule has 2 aliphatic rings. The van der Waals surface area contributed by atoms with Crippen molar-refractivity contribution < 1.29 is 17.8 Å². The van der Waals surface area contributed by atoms with Crippen LogP contribution in [0.25, 0.3) is 0 Å². The van der Waals surface area contributed by atoms with Crippen molar-refractivity contribution >= 4 is 21.6 Å². The summed E-state index contributed by atoms with van der Waals surface area (Å²) in [4.78, 5) is 14.2. The van der Waals surface area contributed by atoms with Crippen LogP contribution < -0.4 is 10.5 Å². The number of carbonyl (C=O) groups is 1. The zero-order chi connectivity index (χ0) is 23.0. The van der Waals surface area contributed by atoms with Crippen LogP contribution in [0.1, 0.15) is 46.7 Å². The Balaban J connectivity index is 1.59. The topological polar surface area (TPSA) is 87.8 Å². The normalized spacial score (nSPS) is 17.7. The number of hydrogen-bond donors (Lipinski definition) is 2. The first-order chi connectivity index (χ1) is 15.2. The van der Waals surface area contributed by atoms with Crippen LogP contribution in [0.2, 0.25) is 0 Å². The molecule has 0 aliphatic heterocycles. The van der Waals surface area contributed by atoms with Crippen molar-refractivity contribution in [1.29, 1.82) is 0 Å². The highest BCUT2D eigenvalue weighted by Gasteiger charge is 2.26. The highest BCUT2D eigenvalue weighted by molar-refractivity contribution is 7.91. The van der Waals surface area contributed by atoms with E-state index in [4.69, 9.17) is 5.14 Å². The maximum atomic E-state index is 13.3. The summed E-state index contributed by atoms with van der Waals surface area (Å²) in [6, 6.07) is 6.09. The predicted molar refractivity (Wildman–Crippen MR) is 121 cm³/mol. The fourth-order valence-corrected chi connectivity index (χ4v) is 5.73. The summed E-state index contributed by atoms with van der Waals surface area (Å²) in [6.45, 7) is 0. The second-order valence-electron chi connectivity index (χ2n) is 8.64. The molecule has 172 valence electrons. The summed E-state index contributed by atoms with van der Waals surface area (Å²) in [6.07, 6.45) is 3.30. The lowest BCUT2D eigenvalue weighted by molar-refractivity contribution is 0.0488. The first kappa shape index (κ1) is 22.8. The van der Waals surface area contributed by atoms with Gasteiger partial charge in [0.15, 0.2) is 0 Å². The zero-order valence-electron chi connectivity index (χ0n) is 18.2. The molecule has 0 unspecified atom stereocenters. The standard InChI is InChI=1S/C23H28F2N4O2S/c1-29(2)21(22(24)25)14-9-11-17(12-10-14)32(26,31)28-23(30)27-20-18-7-3-5-15(18)13-16-6-4-8-19(16)20/h9-13,21-22H,3-8H2,1-2H3,(H3,26,27,28,30,31)/t21-,32+/m0/s1. The first-order valence-electron chi connectivity index (χ1n) is 10.7. The molecule has 0 saturated heterocycles. The van der Waals surface area contributed by atoms with E-state index in [-0.39, 0.29) is 4.90 Å². The molecule has 6 nitrogen and oxygen atoms in total. The SMILES string of the molecule is CN(C)[C@@H](c1ccc([S@](N)(=O)=NC(=O)Nc2c3c(cc4c2CCC4)CCC3)cc1)C(F)F. The minimum atomic E-state index is -3.53. The third kappa shape index (κ3) is 4.42. The molecule has 3 N–H and O–H groups in total. The summed E-state index contributed by atoms with van der Waals surface area (Å²) in [5.74, 6) is 0. The van der Waals surface area contributed by atoms with Gasteiger partial charge < -0.3 is 5.32 Å². The fourth-order valence-electron chi connectivity index (χ4n) is 4.80. The van der Waals surface area contributed by atoms with Gasteiger partial charge in [0.05, 0.1) is 10.9 Å². The van der Waals surface area contributed by atoms with Crippen molar-refractivity contribution in [3.05, 3.63) is 58.1 Å². The number of benzene rings is 2. The van der Waals surface area contributed by atoms with Gasteiger partial charge in [0.2, 0.25) is 0 Å². The molecule has 2 amide bonds. The molecular formula is C23H28F2N4O2S. The Morgan fingerprint density at radius 1 is 1.06 bits per heavy atom. The van der Waals surface area contributed by atoms with E-state index in [9.17, 15) is 17.8 Å². The van der Waals surface area contributed by atoms with Gasteiger partial charge in [0.25, 0.3) is 6.43 Å². The number of aryl methyl sites for hydroxylation is 2. The molecule has 0 spiro atoms. The number of nitrogens with zero attached hydrogens (tertiary/aromatic N) is 2. The molecule has 0 fully saturated rings. The van der Waals surface area contributed by atoms with E-state index in [0.717, 1.165) is 55.3 Å². The van der Waals surface area contributed by atoms with Crippen LogP contribution in [0.4, 0.5) is 19.3 Å². The summed E-state index contributed by atoms with van der Waals surface area (Å²) < 4.78 is 43.5. The Morgan fingerprint density at radius 2 is 1.62 bits per heavy atom. The number of nitrogens with one attached hydrogen (secondary N) is 1. The predicted octanol–water partition coefficient (Wildman–Crippen LogP) is 4.46. The fraction of sp³-hybridized carbons (Fsp3) is 0.435. The van der Waals surface area contributed by atoms with E-state index in [1.807, 2.05) is 0 Å². The van der Waals surface area contributed by atoms with Crippen LogP contribution >= 0.6 is 0 Å². The van der Waals surface area contributed by atoms with Crippen molar-refractivity contribution in [2.24, 2.45) is 9.50 Å². The van der Waals surface area contributed by atoms with Crippen molar-refractivity contribution in [3.8, 4) is 0 Å². The third-order valence-electron chi connectivity index (χ3n) is 6.28. The number of nitrogens with two attached hydrogens (primary N) is 1. The number of urea groups is 1. The molecule has 4 rings (SSSR count). The van der Waals surface area contributed by atoms with Gasteiger partial charge in [0, 0.05) is 5.69 Å². The molecular weight excluding hydrogens is 434 g/mol. The maximum absolute atomic E-state index is 13.3. The van der Waals surface area contributed by atoms with E-state index in [0.29, 0.717) is 5.56 Å². The van der Waals surface area contributed by atoms with Crippen molar-refractivity contribution in [2.45, 2.75) is 55.9 Å². The monoisotopic (exact) mass is 462 g/mol. The average Bonchev–Trinajstić information content (AvgIpc) is 3.36. The van der Waals surface area contributed by atoms with Gasteiger partial charge in [-0.05, 0) is 92.6 Å². The molecule has 9 heteroatoms. The number of fused-ring (bicyclic) bond motifs is 2. The van der Waals surface area contributed by atoms with Gasteiger partial charge >= 0.3 is 6.03 Å². The average molecular weight is 463 g/mol. The molecule has 32 heavy (non-hydrogen) atoms. The van der Waals surface area contributed by atoms with Crippen LogP contribution in [-0.2, 0) is 35.6 Å². The number of rotatable bonds is 5.